The van der Waals surface area contributed by atoms with Crippen LogP contribution in [-0.2, 0) is 4.74 Å². The maximum absolute atomic E-state index is 11.0. The van der Waals surface area contributed by atoms with E-state index in [1.807, 2.05) is 0 Å². The molecule has 1 aliphatic carbocycles. The predicted octanol–water partition coefficient (Wildman–Crippen LogP) is 1.46. The third-order valence-electron chi connectivity index (χ3n) is 2.60. The summed E-state index contributed by atoms with van der Waals surface area (Å²) < 4.78 is 4.70. The number of carbonyl (C=O) groups is 1. The van der Waals surface area contributed by atoms with Gasteiger partial charge in [-0.3, -0.25) is 5.43 Å². The van der Waals surface area contributed by atoms with Crippen LogP contribution in [0, 0.1) is 11.3 Å². The molecule has 0 aromatic rings. The van der Waals surface area contributed by atoms with E-state index < -0.39 is 11.6 Å². The fourth-order valence-electron chi connectivity index (χ4n) is 1.76. The molecular weight excluding hydrogens is 194 g/mol. The van der Waals surface area contributed by atoms with E-state index in [0.29, 0.717) is 6.61 Å². The van der Waals surface area contributed by atoms with Crippen molar-refractivity contribution >= 4 is 6.09 Å². The molecule has 0 radical (unpaired) electrons. The van der Waals surface area contributed by atoms with Crippen molar-refractivity contribution in [2.75, 3.05) is 6.61 Å². The van der Waals surface area contributed by atoms with Gasteiger partial charge < -0.3 is 4.74 Å². The van der Waals surface area contributed by atoms with Crippen molar-refractivity contribution in [3.05, 3.63) is 0 Å². The van der Waals surface area contributed by atoms with Gasteiger partial charge in [0.25, 0.3) is 0 Å². The zero-order chi connectivity index (χ0) is 11.1. The molecule has 1 saturated carbocycles. The second-order valence-corrected chi connectivity index (χ2v) is 3.73. The number of nitriles is 1. The highest BCUT2D eigenvalue weighted by Crippen LogP contribution is 2.26. The average molecular weight is 211 g/mol. The number of rotatable bonds is 3. The average Bonchev–Trinajstić information content (AvgIpc) is 2.28. The van der Waals surface area contributed by atoms with E-state index in [9.17, 15) is 4.79 Å². The van der Waals surface area contributed by atoms with Gasteiger partial charge in [0, 0.05) is 0 Å². The van der Waals surface area contributed by atoms with E-state index in [1.54, 1.807) is 6.92 Å². The van der Waals surface area contributed by atoms with Gasteiger partial charge in [0.15, 0.2) is 0 Å². The maximum Gasteiger partial charge on any atom is 0.421 e. The molecule has 5 nitrogen and oxygen atoms in total. The number of hydrazine groups is 1. The van der Waals surface area contributed by atoms with E-state index in [1.165, 1.54) is 0 Å². The van der Waals surface area contributed by atoms with Gasteiger partial charge in [-0.25, -0.2) is 10.2 Å². The maximum atomic E-state index is 11.0. The zero-order valence-electron chi connectivity index (χ0n) is 9.01. The quantitative estimate of drug-likeness (QED) is 0.693. The summed E-state index contributed by atoms with van der Waals surface area (Å²) >= 11 is 0. The number of hydrogen-bond donors (Lipinski definition) is 2. The summed E-state index contributed by atoms with van der Waals surface area (Å²) in [6.07, 6.45) is 4.21. The third-order valence-corrected chi connectivity index (χ3v) is 2.60. The summed E-state index contributed by atoms with van der Waals surface area (Å²) in [6, 6.07) is 2.23. The fourth-order valence-corrected chi connectivity index (χ4v) is 1.76. The summed E-state index contributed by atoms with van der Waals surface area (Å²) in [5.41, 5.74) is 4.59. The number of nitrogens with one attached hydrogen (secondary N) is 2. The molecule has 2 N–H and O–H groups in total. The van der Waals surface area contributed by atoms with Gasteiger partial charge in [-0.15, -0.1) is 0 Å². The SMILES string of the molecule is CCOC(=O)NNC1(C#N)CCCCC1. The Morgan fingerprint density at radius 1 is 1.47 bits per heavy atom. The Bertz CT molecular complexity index is 254. The molecule has 0 unspecified atom stereocenters. The van der Waals surface area contributed by atoms with E-state index in [2.05, 4.69) is 16.9 Å². The molecule has 15 heavy (non-hydrogen) atoms. The normalized spacial score (nSPS) is 18.9. The Hall–Kier alpha value is -1.28. The molecule has 1 aliphatic rings. The van der Waals surface area contributed by atoms with E-state index in [-0.39, 0.29) is 0 Å². The monoisotopic (exact) mass is 211 g/mol. The van der Waals surface area contributed by atoms with Crippen LogP contribution < -0.4 is 10.9 Å². The van der Waals surface area contributed by atoms with E-state index in [4.69, 9.17) is 10.00 Å². The Kier molecular flexibility index (Phi) is 4.37. The van der Waals surface area contributed by atoms with Crippen molar-refractivity contribution in [1.82, 2.24) is 10.9 Å². The molecule has 1 rings (SSSR count). The first-order valence-electron chi connectivity index (χ1n) is 5.33. The van der Waals surface area contributed by atoms with Crippen LogP contribution >= 0.6 is 0 Å². The van der Waals surface area contributed by atoms with Gasteiger partial charge in [0.2, 0.25) is 0 Å². The van der Waals surface area contributed by atoms with Crippen LogP contribution in [0.3, 0.4) is 0 Å². The molecule has 1 fully saturated rings. The van der Waals surface area contributed by atoms with Crippen molar-refractivity contribution in [2.24, 2.45) is 0 Å². The van der Waals surface area contributed by atoms with Gasteiger partial charge >= 0.3 is 6.09 Å². The molecule has 0 aromatic carbocycles. The second kappa shape index (κ2) is 5.56. The molecule has 0 heterocycles. The van der Waals surface area contributed by atoms with E-state index >= 15 is 0 Å². The third kappa shape index (κ3) is 3.40. The molecule has 5 heteroatoms. The minimum atomic E-state index is -0.606. The van der Waals surface area contributed by atoms with E-state index in [0.717, 1.165) is 32.1 Å². The van der Waals surface area contributed by atoms with Gasteiger partial charge in [-0.1, -0.05) is 19.3 Å². The molecular formula is C10H17N3O2. The smallest absolute Gasteiger partial charge is 0.421 e. The van der Waals surface area contributed by atoms with Crippen molar-refractivity contribution in [3.63, 3.8) is 0 Å². The minimum absolute atomic E-state index is 0.326. The Labute approximate surface area is 89.8 Å². The zero-order valence-corrected chi connectivity index (χ0v) is 9.01. The van der Waals surface area contributed by atoms with Gasteiger partial charge in [-0.05, 0) is 19.8 Å². The van der Waals surface area contributed by atoms with Crippen LogP contribution in [0.25, 0.3) is 0 Å². The van der Waals surface area contributed by atoms with Crippen LogP contribution in [0.2, 0.25) is 0 Å². The van der Waals surface area contributed by atoms with Gasteiger partial charge in [0.1, 0.15) is 5.54 Å². The van der Waals surface area contributed by atoms with Crippen LogP contribution in [0.5, 0.6) is 0 Å². The topological polar surface area (TPSA) is 74.2 Å². The standard InChI is InChI=1S/C10H17N3O2/c1-2-15-9(14)12-13-10(8-11)6-4-3-5-7-10/h13H,2-7H2,1H3,(H,12,14). The van der Waals surface area contributed by atoms with Crippen molar-refractivity contribution in [1.29, 1.82) is 5.26 Å². The molecule has 0 aliphatic heterocycles. The van der Waals surface area contributed by atoms with Crippen molar-refractivity contribution < 1.29 is 9.53 Å². The molecule has 0 bridgehead atoms. The van der Waals surface area contributed by atoms with Gasteiger partial charge in [-0.2, -0.15) is 5.26 Å². The number of carbonyl (C=O) groups excluding carboxylic acids is 1. The lowest BCUT2D eigenvalue weighted by Crippen LogP contribution is -2.54. The summed E-state index contributed by atoms with van der Waals surface area (Å²) in [4.78, 5) is 11.0. The summed E-state index contributed by atoms with van der Waals surface area (Å²) in [5.74, 6) is 0. The van der Waals surface area contributed by atoms with Crippen molar-refractivity contribution in [3.8, 4) is 6.07 Å². The van der Waals surface area contributed by atoms with Crippen LogP contribution in [0.15, 0.2) is 0 Å². The Morgan fingerprint density at radius 2 is 2.13 bits per heavy atom. The van der Waals surface area contributed by atoms with Crippen molar-refractivity contribution in [2.45, 2.75) is 44.6 Å². The molecule has 84 valence electrons. The Morgan fingerprint density at radius 3 is 2.67 bits per heavy atom. The molecule has 0 aromatic heterocycles. The first kappa shape index (κ1) is 11.8. The lowest BCUT2D eigenvalue weighted by atomic mass is 9.83. The molecule has 0 saturated heterocycles. The molecule has 0 spiro atoms. The fraction of sp³-hybridized carbons (Fsp3) is 0.800. The summed E-state index contributed by atoms with van der Waals surface area (Å²) in [6.45, 7) is 2.06. The van der Waals surface area contributed by atoms with Gasteiger partial charge in [0.05, 0.1) is 12.7 Å². The first-order chi connectivity index (χ1) is 7.22. The highest BCUT2D eigenvalue weighted by atomic mass is 16.5. The summed E-state index contributed by atoms with van der Waals surface area (Å²) in [5, 5.41) is 9.08. The first-order valence-corrected chi connectivity index (χ1v) is 5.33. The number of nitrogens with zero attached hydrogens (tertiary/aromatic N) is 1. The minimum Gasteiger partial charge on any atom is -0.449 e. The molecule has 0 atom stereocenters. The highest BCUT2D eigenvalue weighted by Gasteiger charge is 2.32. The summed E-state index contributed by atoms with van der Waals surface area (Å²) in [7, 11) is 0. The van der Waals surface area contributed by atoms with Crippen LogP contribution in [0.4, 0.5) is 4.79 Å². The van der Waals surface area contributed by atoms with Crippen LogP contribution in [-0.4, -0.2) is 18.2 Å². The number of amides is 1. The Balaban J connectivity index is 2.40. The molecule has 1 amide bonds. The number of hydrogen-bond acceptors (Lipinski definition) is 4. The van der Waals surface area contributed by atoms with Crippen LogP contribution in [0.1, 0.15) is 39.0 Å². The predicted molar refractivity (Wildman–Crippen MR) is 54.7 cm³/mol. The second-order valence-electron chi connectivity index (χ2n) is 3.73. The lowest BCUT2D eigenvalue weighted by Gasteiger charge is -2.31. The number of ether oxygens (including phenoxy) is 1. The largest absolute Gasteiger partial charge is 0.449 e. The lowest BCUT2D eigenvalue weighted by molar-refractivity contribution is 0.138. The highest BCUT2D eigenvalue weighted by molar-refractivity contribution is 5.66.